The zero-order valence-corrected chi connectivity index (χ0v) is 13.3. The first-order chi connectivity index (χ1) is 10.2. The summed E-state index contributed by atoms with van der Waals surface area (Å²) in [6.07, 6.45) is 5.30. The van der Waals surface area contributed by atoms with Gasteiger partial charge in [0, 0.05) is 5.56 Å². The van der Waals surface area contributed by atoms with Gasteiger partial charge in [0.05, 0.1) is 6.42 Å². The van der Waals surface area contributed by atoms with Crippen LogP contribution in [0.25, 0.3) is 0 Å². The third kappa shape index (κ3) is 4.80. The molecular formula is C17H13IO3. The summed E-state index contributed by atoms with van der Waals surface area (Å²) in [5.41, 5.74) is 0.756. The number of carbonyl (C=O) groups excluding carboxylic acids is 1. The van der Waals surface area contributed by atoms with E-state index in [4.69, 9.17) is 15.9 Å². The Morgan fingerprint density at radius 1 is 1.14 bits per heavy atom. The Labute approximate surface area is 137 Å². The van der Waals surface area contributed by atoms with Crippen molar-refractivity contribution in [1.82, 2.24) is 0 Å². The van der Waals surface area contributed by atoms with Crippen molar-refractivity contribution < 1.29 is 14.3 Å². The van der Waals surface area contributed by atoms with Crippen LogP contribution in [0.5, 0.6) is 11.5 Å². The molecule has 1 unspecified atom stereocenters. The number of halogens is 1. The third-order valence-corrected chi connectivity index (χ3v) is 3.26. The molecule has 0 bridgehead atoms. The lowest BCUT2D eigenvalue weighted by molar-refractivity contribution is -0.142. The highest BCUT2D eigenvalue weighted by Gasteiger charge is 2.13. The predicted molar refractivity (Wildman–Crippen MR) is 89.4 cm³/mol. The van der Waals surface area contributed by atoms with Crippen molar-refractivity contribution in [2.75, 3.05) is 0 Å². The second-order valence-corrected chi connectivity index (χ2v) is 5.30. The van der Waals surface area contributed by atoms with Crippen LogP contribution in [-0.4, -0.2) is 10.1 Å². The van der Waals surface area contributed by atoms with E-state index in [1.807, 2.05) is 77.2 Å². The quantitative estimate of drug-likeness (QED) is 0.335. The summed E-state index contributed by atoms with van der Waals surface area (Å²) < 4.78 is 10.3. The molecule has 4 heteroatoms. The summed E-state index contributed by atoms with van der Waals surface area (Å²) in [4.78, 5) is 11.8. The molecule has 2 aromatic carbocycles. The molecule has 0 aromatic heterocycles. The van der Waals surface area contributed by atoms with Gasteiger partial charge in [0.1, 0.15) is 11.5 Å². The number of ether oxygens (including phenoxy) is 2. The van der Waals surface area contributed by atoms with E-state index in [0.29, 0.717) is 11.5 Å². The molecule has 0 saturated heterocycles. The lowest BCUT2D eigenvalue weighted by Crippen LogP contribution is -2.13. The van der Waals surface area contributed by atoms with E-state index < -0.39 is 4.11 Å². The van der Waals surface area contributed by atoms with E-state index >= 15 is 0 Å². The Hall–Kier alpha value is -2.00. The molecule has 1 atom stereocenters. The molecular weight excluding hydrogens is 379 g/mol. The topological polar surface area (TPSA) is 35.5 Å². The molecule has 0 saturated carbocycles. The van der Waals surface area contributed by atoms with Crippen LogP contribution >= 0.6 is 22.6 Å². The van der Waals surface area contributed by atoms with Crippen LogP contribution in [-0.2, 0) is 16.0 Å². The second-order valence-electron chi connectivity index (χ2n) is 4.17. The first-order valence-electron chi connectivity index (χ1n) is 6.29. The minimum Gasteiger partial charge on any atom is -0.457 e. The fraction of sp³-hybridized carbons (Fsp3) is 0.118. The van der Waals surface area contributed by atoms with Gasteiger partial charge < -0.3 is 9.47 Å². The van der Waals surface area contributed by atoms with Gasteiger partial charge in [-0.3, -0.25) is 4.79 Å². The van der Waals surface area contributed by atoms with Crippen molar-refractivity contribution in [1.29, 1.82) is 0 Å². The van der Waals surface area contributed by atoms with Gasteiger partial charge in [-0.15, -0.1) is 6.42 Å². The van der Waals surface area contributed by atoms with Crippen LogP contribution < -0.4 is 4.74 Å². The average molecular weight is 392 g/mol. The summed E-state index contributed by atoms with van der Waals surface area (Å²) in [5, 5.41) is 0. The van der Waals surface area contributed by atoms with Crippen molar-refractivity contribution in [3.05, 3.63) is 60.2 Å². The lowest BCUT2D eigenvalue weighted by atomic mass is 10.1. The standard InChI is InChI=1S/C17H13IO3/c1-2-16(18)21-17(19)12-13-8-6-7-11-15(13)20-14-9-4-3-5-10-14/h1,3-11,16H,12H2. The molecule has 0 radical (unpaired) electrons. The molecule has 0 amide bonds. The number of esters is 1. The summed E-state index contributed by atoms with van der Waals surface area (Å²) in [7, 11) is 0. The van der Waals surface area contributed by atoms with Crippen molar-refractivity contribution in [3.63, 3.8) is 0 Å². The molecule has 0 aliphatic heterocycles. The fourth-order valence-corrected chi connectivity index (χ4v) is 2.00. The molecule has 0 spiro atoms. The van der Waals surface area contributed by atoms with E-state index in [0.717, 1.165) is 5.56 Å². The van der Waals surface area contributed by atoms with Gasteiger partial charge in [-0.1, -0.05) is 42.3 Å². The fourth-order valence-electron chi connectivity index (χ4n) is 1.71. The van der Waals surface area contributed by atoms with Crippen molar-refractivity contribution in [2.24, 2.45) is 0 Å². The predicted octanol–water partition coefficient (Wildman–Crippen LogP) is 3.96. The smallest absolute Gasteiger partial charge is 0.312 e. The van der Waals surface area contributed by atoms with Crippen molar-refractivity contribution >= 4 is 28.6 Å². The van der Waals surface area contributed by atoms with E-state index in [1.165, 1.54) is 0 Å². The van der Waals surface area contributed by atoms with Crippen LogP contribution in [0.2, 0.25) is 0 Å². The number of para-hydroxylation sites is 2. The van der Waals surface area contributed by atoms with Gasteiger partial charge in [-0.25, -0.2) is 0 Å². The summed E-state index contributed by atoms with van der Waals surface area (Å²) in [6, 6.07) is 16.8. The van der Waals surface area contributed by atoms with Crippen LogP contribution in [0.15, 0.2) is 54.6 Å². The number of benzene rings is 2. The minimum absolute atomic E-state index is 0.115. The molecule has 21 heavy (non-hydrogen) atoms. The highest BCUT2D eigenvalue weighted by molar-refractivity contribution is 14.1. The number of terminal acetylenes is 1. The molecule has 106 valence electrons. The molecule has 0 aliphatic carbocycles. The number of carbonyl (C=O) groups is 1. The van der Waals surface area contributed by atoms with Gasteiger partial charge >= 0.3 is 5.97 Å². The SMILES string of the molecule is C#CC(I)OC(=O)Cc1ccccc1Oc1ccccc1. The van der Waals surface area contributed by atoms with Crippen LogP contribution in [0.3, 0.4) is 0 Å². The number of alkyl halides is 1. The first-order valence-corrected chi connectivity index (χ1v) is 7.54. The zero-order chi connectivity index (χ0) is 15.1. The Kier molecular flexibility index (Phi) is 5.64. The van der Waals surface area contributed by atoms with Gasteiger partial charge in [-0.2, -0.15) is 0 Å². The van der Waals surface area contributed by atoms with E-state index in [2.05, 4.69) is 5.92 Å². The van der Waals surface area contributed by atoms with E-state index in [-0.39, 0.29) is 12.4 Å². The largest absolute Gasteiger partial charge is 0.457 e. The van der Waals surface area contributed by atoms with Gasteiger partial charge in [0.2, 0.25) is 4.11 Å². The molecule has 0 aliphatic rings. The average Bonchev–Trinajstić information content (AvgIpc) is 2.50. The van der Waals surface area contributed by atoms with Crippen LogP contribution in [0, 0.1) is 12.3 Å². The van der Waals surface area contributed by atoms with Crippen LogP contribution in [0.4, 0.5) is 0 Å². The monoisotopic (exact) mass is 392 g/mol. The Bertz CT molecular complexity index is 647. The highest BCUT2D eigenvalue weighted by atomic mass is 127. The van der Waals surface area contributed by atoms with Crippen molar-refractivity contribution in [3.8, 4) is 23.8 Å². The van der Waals surface area contributed by atoms with Gasteiger partial charge in [0.25, 0.3) is 0 Å². The first kappa shape index (κ1) is 15.4. The highest BCUT2D eigenvalue weighted by Crippen LogP contribution is 2.25. The van der Waals surface area contributed by atoms with E-state index in [1.54, 1.807) is 0 Å². The number of rotatable bonds is 5. The lowest BCUT2D eigenvalue weighted by Gasteiger charge is -2.11. The maximum absolute atomic E-state index is 11.8. The van der Waals surface area contributed by atoms with Gasteiger partial charge in [0.15, 0.2) is 0 Å². The van der Waals surface area contributed by atoms with Crippen LogP contribution in [0.1, 0.15) is 5.56 Å². The molecule has 0 fully saturated rings. The summed E-state index contributed by atoms with van der Waals surface area (Å²) >= 11 is 1.88. The normalized spacial score (nSPS) is 11.2. The molecule has 3 nitrogen and oxygen atoms in total. The molecule has 0 N–H and O–H groups in total. The number of hydrogen-bond acceptors (Lipinski definition) is 3. The second kappa shape index (κ2) is 7.70. The zero-order valence-electron chi connectivity index (χ0n) is 11.2. The maximum atomic E-state index is 11.8. The molecule has 2 aromatic rings. The maximum Gasteiger partial charge on any atom is 0.312 e. The molecule has 2 rings (SSSR count). The van der Waals surface area contributed by atoms with Crippen molar-refractivity contribution in [2.45, 2.75) is 10.5 Å². The third-order valence-electron chi connectivity index (χ3n) is 2.64. The Morgan fingerprint density at radius 2 is 1.81 bits per heavy atom. The minimum atomic E-state index is -0.558. The Balaban J connectivity index is 2.10. The Morgan fingerprint density at radius 3 is 2.52 bits per heavy atom. The summed E-state index contributed by atoms with van der Waals surface area (Å²) in [5.74, 6) is 3.32. The van der Waals surface area contributed by atoms with Gasteiger partial charge in [-0.05, 0) is 40.8 Å². The van der Waals surface area contributed by atoms with E-state index in [9.17, 15) is 4.79 Å². The number of hydrogen-bond donors (Lipinski definition) is 0. The molecule has 0 heterocycles. The summed E-state index contributed by atoms with van der Waals surface area (Å²) in [6.45, 7) is 0.